The number of hydrogen-bond acceptors (Lipinski definition) is 1. The normalized spacial score (nSPS) is 12.4. The minimum Gasteiger partial charge on any atom is -0.309 e. The van der Waals surface area contributed by atoms with E-state index in [4.69, 9.17) is 4.98 Å². The summed E-state index contributed by atoms with van der Waals surface area (Å²) in [6.07, 6.45) is 0. The molecule has 8 aromatic rings. The van der Waals surface area contributed by atoms with Gasteiger partial charge in [0.1, 0.15) is 5.82 Å². The van der Waals surface area contributed by atoms with E-state index in [9.17, 15) is 0 Å². The van der Waals surface area contributed by atoms with Crippen LogP contribution in [-0.2, 0) is 10.8 Å². The van der Waals surface area contributed by atoms with Gasteiger partial charge in [-0.1, -0.05) is 114 Å². The van der Waals surface area contributed by atoms with E-state index in [1.54, 1.807) is 0 Å². The Labute approximate surface area is 283 Å². The third kappa shape index (κ3) is 5.11. The van der Waals surface area contributed by atoms with Crippen LogP contribution in [0.1, 0.15) is 52.7 Å². The van der Waals surface area contributed by atoms with Crippen LogP contribution in [0.2, 0.25) is 0 Å². The predicted octanol–water partition coefficient (Wildman–Crippen LogP) is 12.1. The number of hydrogen-bond donors (Lipinski definition) is 0. The van der Waals surface area contributed by atoms with Crippen molar-refractivity contribution in [3.8, 4) is 33.9 Å². The minimum absolute atomic E-state index is 0.0748. The summed E-state index contributed by atoms with van der Waals surface area (Å²) in [4.78, 5) is 5.10. The highest BCUT2D eigenvalue weighted by atomic mass is 15.1. The average molecular weight is 624 g/mol. The molecule has 0 aliphatic heterocycles. The molecule has 0 saturated carbocycles. The summed E-state index contributed by atoms with van der Waals surface area (Å²) >= 11 is 0. The number of aromatic nitrogens is 3. The highest BCUT2D eigenvalue weighted by molar-refractivity contribution is 6.10. The summed E-state index contributed by atoms with van der Waals surface area (Å²) < 4.78 is 4.68. The van der Waals surface area contributed by atoms with E-state index in [-0.39, 0.29) is 10.8 Å². The summed E-state index contributed by atoms with van der Waals surface area (Å²) in [5, 5.41) is 2.61. The zero-order valence-electron chi connectivity index (χ0n) is 28.6. The van der Waals surface area contributed by atoms with Crippen molar-refractivity contribution in [2.75, 3.05) is 0 Å². The fourth-order valence-corrected chi connectivity index (χ4v) is 6.93. The molecule has 0 saturated heterocycles. The zero-order valence-corrected chi connectivity index (χ0v) is 28.6. The molecule has 0 aliphatic carbocycles. The molecule has 0 amide bonds. The van der Waals surface area contributed by atoms with E-state index in [0.29, 0.717) is 0 Å². The molecule has 0 spiro atoms. The molecule has 0 N–H and O–H groups in total. The molecule has 3 nitrogen and oxygen atoms in total. The fraction of sp³-hybridized carbons (Fsp3) is 0.178. The van der Waals surface area contributed by atoms with Crippen LogP contribution in [-0.4, -0.2) is 14.1 Å². The second-order valence-corrected chi connectivity index (χ2v) is 15.0. The lowest BCUT2D eigenvalue weighted by Gasteiger charge is -2.19. The van der Waals surface area contributed by atoms with Gasteiger partial charge in [-0.25, -0.2) is 4.98 Å². The van der Waals surface area contributed by atoms with Gasteiger partial charge >= 0.3 is 0 Å². The maximum atomic E-state index is 5.10. The minimum atomic E-state index is 0.0748. The zero-order chi connectivity index (χ0) is 33.2. The summed E-state index contributed by atoms with van der Waals surface area (Å²) in [7, 11) is 0. The quantitative estimate of drug-likeness (QED) is 0.191. The van der Waals surface area contributed by atoms with E-state index >= 15 is 0 Å². The van der Waals surface area contributed by atoms with Crippen molar-refractivity contribution in [1.29, 1.82) is 0 Å². The van der Waals surface area contributed by atoms with Crippen LogP contribution in [0.4, 0.5) is 0 Å². The van der Waals surface area contributed by atoms with Crippen molar-refractivity contribution in [3.63, 3.8) is 0 Å². The Morgan fingerprint density at radius 2 is 0.979 bits per heavy atom. The average Bonchev–Trinajstić information content (AvgIpc) is 3.64. The molecule has 0 atom stereocenters. The first-order valence-corrected chi connectivity index (χ1v) is 16.9. The number of para-hydroxylation sites is 3. The lowest BCUT2D eigenvalue weighted by molar-refractivity contribution is 0.590. The third-order valence-electron chi connectivity index (χ3n) is 9.65. The van der Waals surface area contributed by atoms with Crippen molar-refractivity contribution in [2.45, 2.75) is 52.4 Å². The smallest absolute Gasteiger partial charge is 0.145 e. The first kappa shape index (κ1) is 30.0. The molecule has 6 aromatic carbocycles. The van der Waals surface area contributed by atoms with Crippen molar-refractivity contribution in [3.05, 3.63) is 151 Å². The Morgan fingerprint density at radius 1 is 0.417 bits per heavy atom. The van der Waals surface area contributed by atoms with E-state index in [2.05, 4.69) is 190 Å². The highest BCUT2D eigenvalue weighted by Gasteiger charge is 2.21. The molecule has 8 rings (SSSR count). The van der Waals surface area contributed by atoms with Crippen LogP contribution in [0.3, 0.4) is 0 Å². The Kier molecular flexibility index (Phi) is 6.92. The molecule has 0 fully saturated rings. The molecule has 0 bridgehead atoms. The van der Waals surface area contributed by atoms with Gasteiger partial charge in [-0.3, -0.25) is 4.57 Å². The summed E-state index contributed by atoms with van der Waals surface area (Å²) in [6.45, 7) is 13.7. The first-order valence-electron chi connectivity index (χ1n) is 16.9. The summed E-state index contributed by atoms with van der Waals surface area (Å²) in [5.41, 5.74) is 13.1. The van der Waals surface area contributed by atoms with Crippen LogP contribution in [0.5, 0.6) is 0 Å². The second-order valence-electron chi connectivity index (χ2n) is 15.0. The molecular formula is C45H41N3. The van der Waals surface area contributed by atoms with Crippen LogP contribution in [0.15, 0.2) is 140 Å². The van der Waals surface area contributed by atoms with Crippen LogP contribution in [0, 0.1) is 0 Å². The van der Waals surface area contributed by atoms with Gasteiger partial charge < -0.3 is 4.57 Å². The summed E-state index contributed by atoms with van der Waals surface area (Å²) in [5.74, 6) is 0.940. The SMILES string of the molecule is CC(C)(C)c1ccc2c(c1)c1cc(C(C)(C)C)ccc1n2-c1ccc(-c2cccc(-c3nc4ccccc4n3-c3ccccc3)c2)cc1. The topological polar surface area (TPSA) is 22.8 Å². The Bertz CT molecular complexity index is 2370. The number of benzene rings is 6. The van der Waals surface area contributed by atoms with E-state index in [0.717, 1.165) is 39.4 Å². The van der Waals surface area contributed by atoms with Gasteiger partial charge in [-0.2, -0.15) is 0 Å². The number of imidazole rings is 1. The summed E-state index contributed by atoms with van der Waals surface area (Å²) in [6, 6.07) is 50.6. The molecular weight excluding hydrogens is 583 g/mol. The second kappa shape index (κ2) is 11.1. The standard InChI is InChI=1S/C45H41N3/c1-44(2,3)33-21-25-40-37(28-33)38-29-34(45(4,5)6)22-26-41(38)47(40)36-23-19-30(20-24-36)31-13-12-14-32(27-31)43-46-39-17-10-11-18-42(39)48(43)35-15-8-7-9-16-35/h7-29H,1-6H3. The molecule has 48 heavy (non-hydrogen) atoms. The van der Waals surface area contributed by atoms with Crippen LogP contribution in [0.25, 0.3) is 66.7 Å². The van der Waals surface area contributed by atoms with E-state index in [1.807, 2.05) is 0 Å². The van der Waals surface area contributed by atoms with Crippen LogP contribution >= 0.6 is 0 Å². The molecule has 0 aliphatic rings. The Balaban J connectivity index is 1.23. The molecule has 0 radical (unpaired) electrons. The molecule has 2 aromatic heterocycles. The van der Waals surface area contributed by atoms with Crippen LogP contribution < -0.4 is 0 Å². The van der Waals surface area contributed by atoms with Gasteiger partial charge in [0.2, 0.25) is 0 Å². The lowest BCUT2D eigenvalue weighted by Crippen LogP contribution is -2.10. The fourth-order valence-electron chi connectivity index (χ4n) is 6.93. The van der Waals surface area contributed by atoms with Gasteiger partial charge in [0.15, 0.2) is 0 Å². The van der Waals surface area contributed by atoms with Gasteiger partial charge in [0, 0.05) is 27.7 Å². The number of nitrogens with zero attached hydrogens (tertiary/aromatic N) is 3. The number of fused-ring (bicyclic) bond motifs is 4. The highest BCUT2D eigenvalue weighted by Crippen LogP contribution is 2.38. The van der Waals surface area contributed by atoms with Gasteiger partial charge in [0.05, 0.1) is 22.1 Å². The molecule has 236 valence electrons. The monoisotopic (exact) mass is 623 g/mol. The maximum Gasteiger partial charge on any atom is 0.145 e. The van der Waals surface area contributed by atoms with Crippen molar-refractivity contribution in [1.82, 2.24) is 14.1 Å². The third-order valence-corrected chi connectivity index (χ3v) is 9.65. The lowest BCUT2D eigenvalue weighted by atomic mass is 9.85. The van der Waals surface area contributed by atoms with Gasteiger partial charge in [-0.15, -0.1) is 0 Å². The Morgan fingerprint density at radius 3 is 1.60 bits per heavy atom. The molecule has 0 unspecified atom stereocenters. The van der Waals surface area contributed by atoms with Gasteiger partial charge in [0.25, 0.3) is 0 Å². The predicted molar refractivity (Wildman–Crippen MR) is 204 cm³/mol. The maximum absolute atomic E-state index is 5.10. The molecule has 2 heterocycles. The molecule has 3 heteroatoms. The van der Waals surface area contributed by atoms with Crippen molar-refractivity contribution >= 4 is 32.8 Å². The first-order chi connectivity index (χ1) is 23.1. The van der Waals surface area contributed by atoms with Crippen molar-refractivity contribution in [2.24, 2.45) is 0 Å². The van der Waals surface area contributed by atoms with E-state index in [1.165, 1.54) is 38.5 Å². The van der Waals surface area contributed by atoms with Gasteiger partial charge in [-0.05, 0) is 99.8 Å². The van der Waals surface area contributed by atoms with Crippen molar-refractivity contribution < 1.29 is 0 Å². The number of rotatable bonds is 4. The van der Waals surface area contributed by atoms with E-state index < -0.39 is 0 Å². The largest absolute Gasteiger partial charge is 0.309 e. The Hall–Kier alpha value is -5.41.